The molecule has 2 heteroatoms. The molecule has 1 aromatic carbocycles. The van der Waals surface area contributed by atoms with Gasteiger partial charge in [0, 0.05) is 11.6 Å². The molecule has 0 aromatic heterocycles. The molecule has 0 spiro atoms. The van der Waals surface area contributed by atoms with Crippen molar-refractivity contribution in [3.8, 4) is 0 Å². The summed E-state index contributed by atoms with van der Waals surface area (Å²) >= 11 is 0. The summed E-state index contributed by atoms with van der Waals surface area (Å²) in [5, 5.41) is 0. The van der Waals surface area contributed by atoms with Gasteiger partial charge in [-0.25, -0.2) is 4.39 Å². The van der Waals surface area contributed by atoms with Crippen LogP contribution in [0.1, 0.15) is 51.3 Å². The second kappa shape index (κ2) is 5.18. The maximum absolute atomic E-state index is 13.7. The van der Waals surface area contributed by atoms with Gasteiger partial charge in [-0.3, -0.25) is 0 Å². The normalized spacial score (nSPS) is 15.7. The summed E-state index contributed by atoms with van der Waals surface area (Å²) in [5.41, 5.74) is 8.02. The SMILES string of the molecule is Cc1ccc(F)c(C(N)CC(C)C(C)(C)C)c1. The van der Waals surface area contributed by atoms with Crippen LogP contribution in [0.4, 0.5) is 4.39 Å². The minimum Gasteiger partial charge on any atom is -0.324 e. The Morgan fingerprint density at radius 2 is 1.88 bits per heavy atom. The van der Waals surface area contributed by atoms with Gasteiger partial charge in [0.15, 0.2) is 0 Å². The fourth-order valence-corrected chi connectivity index (χ4v) is 1.81. The van der Waals surface area contributed by atoms with Gasteiger partial charge in [0.2, 0.25) is 0 Å². The lowest BCUT2D eigenvalue weighted by Crippen LogP contribution is -2.23. The summed E-state index contributed by atoms with van der Waals surface area (Å²) < 4.78 is 13.7. The molecule has 1 rings (SSSR count). The molecule has 0 amide bonds. The lowest BCUT2D eigenvalue weighted by Gasteiger charge is -2.29. The molecule has 0 heterocycles. The molecule has 0 aliphatic carbocycles. The van der Waals surface area contributed by atoms with E-state index < -0.39 is 0 Å². The van der Waals surface area contributed by atoms with Gasteiger partial charge in [-0.15, -0.1) is 0 Å². The molecular weight excluding hydrogens is 213 g/mol. The summed E-state index contributed by atoms with van der Waals surface area (Å²) in [7, 11) is 0. The summed E-state index contributed by atoms with van der Waals surface area (Å²) in [6.07, 6.45) is 0.809. The number of halogens is 1. The highest BCUT2D eigenvalue weighted by Gasteiger charge is 2.23. The van der Waals surface area contributed by atoms with E-state index in [1.807, 2.05) is 13.0 Å². The largest absolute Gasteiger partial charge is 0.324 e. The Bertz CT molecular complexity index is 379. The van der Waals surface area contributed by atoms with Gasteiger partial charge in [-0.2, -0.15) is 0 Å². The fourth-order valence-electron chi connectivity index (χ4n) is 1.81. The number of benzene rings is 1. The molecule has 0 saturated heterocycles. The van der Waals surface area contributed by atoms with Crippen molar-refractivity contribution < 1.29 is 4.39 Å². The second-order valence-corrected chi connectivity index (χ2v) is 6.13. The molecule has 17 heavy (non-hydrogen) atoms. The minimum absolute atomic E-state index is 0.191. The number of nitrogens with two attached hydrogens (primary N) is 1. The van der Waals surface area contributed by atoms with E-state index in [0.29, 0.717) is 11.5 Å². The molecule has 1 aromatic rings. The van der Waals surface area contributed by atoms with Crippen molar-refractivity contribution in [3.05, 3.63) is 35.1 Å². The van der Waals surface area contributed by atoms with E-state index in [0.717, 1.165) is 12.0 Å². The zero-order valence-electron chi connectivity index (χ0n) is 11.5. The Balaban J connectivity index is 2.83. The third-order valence-corrected chi connectivity index (χ3v) is 3.64. The molecular formula is C15H24FN. The summed E-state index contributed by atoms with van der Waals surface area (Å²) in [5.74, 6) is 0.265. The van der Waals surface area contributed by atoms with Crippen molar-refractivity contribution in [2.45, 2.75) is 47.1 Å². The Morgan fingerprint density at radius 3 is 2.41 bits per heavy atom. The van der Waals surface area contributed by atoms with E-state index in [1.54, 1.807) is 6.07 Å². The van der Waals surface area contributed by atoms with E-state index in [-0.39, 0.29) is 17.3 Å². The molecule has 0 aliphatic rings. The first-order chi connectivity index (χ1) is 7.71. The smallest absolute Gasteiger partial charge is 0.127 e. The highest BCUT2D eigenvalue weighted by atomic mass is 19.1. The monoisotopic (exact) mass is 237 g/mol. The summed E-state index contributed by atoms with van der Waals surface area (Å²) in [4.78, 5) is 0. The van der Waals surface area contributed by atoms with Crippen molar-refractivity contribution in [1.29, 1.82) is 0 Å². The number of hydrogen-bond acceptors (Lipinski definition) is 1. The van der Waals surface area contributed by atoms with Crippen LogP contribution in [0.2, 0.25) is 0 Å². The molecule has 0 bridgehead atoms. The Kier molecular flexibility index (Phi) is 4.31. The number of hydrogen-bond donors (Lipinski definition) is 1. The predicted molar refractivity (Wildman–Crippen MR) is 71.3 cm³/mol. The van der Waals surface area contributed by atoms with Crippen LogP contribution in [-0.2, 0) is 0 Å². The standard InChI is InChI=1S/C15H24FN/c1-10-6-7-13(16)12(8-10)14(17)9-11(2)15(3,4)5/h6-8,11,14H,9,17H2,1-5H3. The van der Waals surface area contributed by atoms with E-state index >= 15 is 0 Å². The second-order valence-electron chi connectivity index (χ2n) is 6.13. The van der Waals surface area contributed by atoms with Gasteiger partial charge in [-0.1, -0.05) is 45.4 Å². The van der Waals surface area contributed by atoms with Gasteiger partial charge in [0.25, 0.3) is 0 Å². The third kappa shape index (κ3) is 3.81. The molecule has 2 N–H and O–H groups in total. The topological polar surface area (TPSA) is 26.0 Å². The Hall–Kier alpha value is -0.890. The van der Waals surface area contributed by atoms with Crippen LogP contribution in [0.3, 0.4) is 0 Å². The summed E-state index contributed by atoms with van der Waals surface area (Å²) in [6.45, 7) is 10.7. The minimum atomic E-state index is -0.218. The first-order valence-electron chi connectivity index (χ1n) is 6.23. The number of rotatable bonds is 3. The Morgan fingerprint density at radius 1 is 1.29 bits per heavy atom. The van der Waals surface area contributed by atoms with Gasteiger partial charge in [-0.05, 0) is 30.7 Å². The average Bonchev–Trinajstić information content (AvgIpc) is 2.20. The molecule has 0 aliphatic heterocycles. The van der Waals surface area contributed by atoms with Crippen molar-refractivity contribution in [2.24, 2.45) is 17.1 Å². The van der Waals surface area contributed by atoms with E-state index in [9.17, 15) is 4.39 Å². The van der Waals surface area contributed by atoms with E-state index in [1.165, 1.54) is 6.07 Å². The van der Waals surface area contributed by atoms with Gasteiger partial charge >= 0.3 is 0 Å². The number of aryl methyl sites for hydroxylation is 1. The maximum atomic E-state index is 13.7. The van der Waals surface area contributed by atoms with Crippen LogP contribution in [0.15, 0.2) is 18.2 Å². The van der Waals surface area contributed by atoms with E-state index in [2.05, 4.69) is 27.7 Å². The van der Waals surface area contributed by atoms with E-state index in [4.69, 9.17) is 5.73 Å². The average molecular weight is 237 g/mol. The lowest BCUT2D eigenvalue weighted by molar-refractivity contribution is 0.233. The molecule has 0 fully saturated rings. The molecule has 96 valence electrons. The fraction of sp³-hybridized carbons (Fsp3) is 0.600. The Labute approximate surface area is 104 Å². The molecule has 0 saturated carbocycles. The maximum Gasteiger partial charge on any atom is 0.127 e. The van der Waals surface area contributed by atoms with Gasteiger partial charge in [0.05, 0.1) is 0 Å². The van der Waals surface area contributed by atoms with Crippen molar-refractivity contribution in [2.75, 3.05) is 0 Å². The van der Waals surface area contributed by atoms with Gasteiger partial charge in [0.1, 0.15) is 5.82 Å². The molecule has 2 unspecified atom stereocenters. The third-order valence-electron chi connectivity index (χ3n) is 3.64. The molecule has 2 atom stereocenters. The van der Waals surface area contributed by atoms with Crippen LogP contribution in [0.5, 0.6) is 0 Å². The van der Waals surface area contributed by atoms with Crippen LogP contribution in [-0.4, -0.2) is 0 Å². The first-order valence-corrected chi connectivity index (χ1v) is 6.23. The van der Waals surface area contributed by atoms with Gasteiger partial charge < -0.3 is 5.73 Å². The zero-order chi connectivity index (χ0) is 13.2. The predicted octanol–water partition coefficient (Wildman–Crippen LogP) is 4.21. The van der Waals surface area contributed by atoms with Crippen molar-refractivity contribution in [1.82, 2.24) is 0 Å². The summed E-state index contributed by atoms with van der Waals surface area (Å²) in [6, 6.07) is 4.92. The highest BCUT2D eigenvalue weighted by molar-refractivity contribution is 5.26. The van der Waals surface area contributed by atoms with Crippen molar-refractivity contribution >= 4 is 0 Å². The quantitative estimate of drug-likeness (QED) is 0.837. The first kappa shape index (κ1) is 14.2. The highest BCUT2D eigenvalue weighted by Crippen LogP contribution is 2.33. The molecule has 1 nitrogen and oxygen atoms in total. The zero-order valence-corrected chi connectivity index (χ0v) is 11.5. The molecule has 0 radical (unpaired) electrons. The van der Waals surface area contributed by atoms with Crippen LogP contribution in [0, 0.1) is 24.1 Å². The van der Waals surface area contributed by atoms with Crippen LogP contribution < -0.4 is 5.73 Å². The lowest BCUT2D eigenvalue weighted by atomic mass is 9.77. The van der Waals surface area contributed by atoms with Crippen LogP contribution >= 0.6 is 0 Å². The van der Waals surface area contributed by atoms with Crippen LogP contribution in [0.25, 0.3) is 0 Å². The van der Waals surface area contributed by atoms with Crippen molar-refractivity contribution in [3.63, 3.8) is 0 Å².